The molecule has 0 radical (unpaired) electrons. The lowest BCUT2D eigenvalue weighted by molar-refractivity contribution is 0.0392. The monoisotopic (exact) mass is 288 g/mol. The first-order valence-corrected chi connectivity index (χ1v) is 6.34. The van der Waals surface area contributed by atoms with Crippen molar-refractivity contribution in [2.75, 3.05) is 0 Å². The van der Waals surface area contributed by atoms with Crippen LogP contribution in [0.2, 0.25) is 0 Å². The molecule has 0 aliphatic carbocycles. The summed E-state index contributed by atoms with van der Waals surface area (Å²) < 4.78 is 19.4. The van der Waals surface area contributed by atoms with Gasteiger partial charge in [0.2, 0.25) is 0 Å². The van der Waals surface area contributed by atoms with Crippen LogP contribution in [0, 0.1) is 11.7 Å². The first-order chi connectivity index (χ1) is 7.50. The molecule has 0 heterocycles. The number of hydrogen-bond acceptors (Lipinski definition) is 1. The maximum absolute atomic E-state index is 13.2. The predicted octanol–water partition coefficient (Wildman–Crippen LogP) is 4.54. The minimum atomic E-state index is -0.238. The molecule has 90 valence electrons. The highest BCUT2D eigenvalue weighted by Gasteiger charge is 2.09. The van der Waals surface area contributed by atoms with E-state index in [0.29, 0.717) is 17.0 Å². The summed E-state index contributed by atoms with van der Waals surface area (Å²) >= 11 is 3.23. The summed E-state index contributed by atoms with van der Waals surface area (Å²) in [6.45, 7) is 6.83. The average molecular weight is 289 g/mol. The van der Waals surface area contributed by atoms with Gasteiger partial charge in [-0.05, 0) is 46.8 Å². The number of halogens is 2. The Bertz CT molecular complexity index is 339. The van der Waals surface area contributed by atoms with E-state index in [0.717, 1.165) is 12.0 Å². The Hall–Kier alpha value is -0.410. The second-order valence-electron chi connectivity index (χ2n) is 4.46. The topological polar surface area (TPSA) is 9.23 Å². The van der Waals surface area contributed by atoms with Crippen LogP contribution >= 0.6 is 15.9 Å². The fraction of sp³-hybridized carbons (Fsp3) is 0.538. The minimum absolute atomic E-state index is 0.204. The highest BCUT2D eigenvalue weighted by atomic mass is 79.9. The molecule has 0 saturated heterocycles. The zero-order valence-corrected chi connectivity index (χ0v) is 11.6. The van der Waals surface area contributed by atoms with Gasteiger partial charge in [0.25, 0.3) is 0 Å². The van der Waals surface area contributed by atoms with Crippen LogP contribution < -0.4 is 0 Å². The Balaban J connectivity index is 2.51. The SMILES string of the molecule is CC(C)CC(C)OCc1cccc(F)c1Br. The number of ether oxygens (including phenoxy) is 1. The third-order valence-electron chi connectivity index (χ3n) is 2.36. The van der Waals surface area contributed by atoms with Crippen molar-refractivity contribution < 1.29 is 9.13 Å². The van der Waals surface area contributed by atoms with Crippen molar-refractivity contribution in [1.82, 2.24) is 0 Å². The zero-order chi connectivity index (χ0) is 12.1. The lowest BCUT2D eigenvalue weighted by atomic mass is 10.1. The molecule has 3 heteroatoms. The summed E-state index contributed by atoms with van der Waals surface area (Å²) in [5.41, 5.74) is 0.857. The Morgan fingerprint density at radius 2 is 2.00 bits per heavy atom. The van der Waals surface area contributed by atoms with Crippen LogP contribution in [0.1, 0.15) is 32.8 Å². The largest absolute Gasteiger partial charge is 0.374 e. The van der Waals surface area contributed by atoms with Gasteiger partial charge in [-0.1, -0.05) is 26.0 Å². The van der Waals surface area contributed by atoms with E-state index in [9.17, 15) is 4.39 Å². The molecule has 1 rings (SSSR count). The fourth-order valence-corrected chi connectivity index (χ4v) is 2.00. The normalized spacial score (nSPS) is 13.1. The average Bonchev–Trinajstić information content (AvgIpc) is 2.19. The van der Waals surface area contributed by atoms with Crippen molar-refractivity contribution >= 4 is 15.9 Å². The summed E-state index contributed by atoms with van der Waals surface area (Å²) in [6.07, 6.45) is 1.22. The highest BCUT2D eigenvalue weighted by Crippen LogP contribution is 2.22. The van der Waals surface area contributed by atoms with Crippen LogP contribution in [0.25, 0.3) is 0 Å². The molecule has 0 aliphatic rings. The van der Waals surface area contributed by atoms with Crippen molar-refractivity contribution in [3.63, 3.8) is 0 Å². The molecule has 0 aromatic heterocycles. The minimum Gasteiger partial charge on any atom is -0.374 e. The summed E-state index contributed by atoms with van der Waals surface area (Å²) in [5.74, 6) is 0.378. The molecule has 1 nitrogen and oxygen atoms in total. The molecule has 1 unspecified atom stereocenters. The molecule has 0 bridgehead atoms. The predicted molar refractivity (Wildman–Crippen MR) is 67.8 cm³/mol. The third-order valence-corrected chi connectivity index (χ3v) is 3.25. The van der Waals surface area contributed by atoms with E-state index in [1.54, 1.807) is 6.07 Å². The Kier molecular flexibility index (Phi) is 5.42. The van der Waals surface area contributed by atoms with Crippen LogP contribution in [-0.4, -0.2) is 6.10 Å². The van der Waals surface area contributed by atoms with Crippen LogP contribution in [0.5, 0.6) is 0 Å². The third kappa shape index (κ3) is 4.22. The Labute approximate surface area is 105 Å². The molecule has 0 N–H and O–H groups in total. The maximum Gasteiger partial charge on any atom is 0.137 e. The van der Waals surface area contributed by atoms with E-state index in [1.807, 2.05) is 13.0 Å². The van der Waals surface area contributed by atoms with Gasteiger partial charge in [-0.15, -0.1) is 0 Å². The van der Waals surface area contributed by atoms with Crippen LogP contribution in [0.3, 0.4) is 0 Å². The van der Waals surface area contributed by atoms with Gasteiger partial charge in [0, 0.05) is 0 Å². The molecule has 1 aromatic carbocycles. The van der Waals surface area contributed by atoms with Gasteiger partial charge in [0.15, 0.2) is 0 Å². The van der Waals surface area contributed by atoms with Gasteiger partial charge in [0.05, 0.1) is 17.2 Å². The van der Waals surface area contributed by atoms with E-state index in [2.05, 4.69) is 29.8 Å². The van der Waals surface area contributed by atoms with E-state index < -0.39 is 0 Å². The standard InChI is InChI=1S/C13H18BrFO/c1-9(2)7-10(3)16-8-11-5-4-6-12(15)13(11)14/h4-6,9-10H,7-8H2,1-3H3. The molecule has 0 fully saturated rings. The quantitative estimate of drug-likeness (QED) is 0.773. The van der Waals surface area contributed by atoms with Crippen molar-refractivity contribution in [3.05, 3.63) is 34.1 Å². The first-order valence-electron chi connectivity index (χ1n) is 5.55. The lowest BCUT2D eigenvalue weighted by Crippen LogP contribution is -2.11. The summed E-state index contributed by atoms with van der Waals surface area (Å²) in [5, 5.41) is 0. The molecule has 0 amide bonds. The second kappa shape index (κ2) is 6.36. The Morgan fingerprint density at radius 1 is 1.31 bits per heavy atom. The number of rotatable bonds is 5. The van der Waals surface area contributed by atoms with Gasteiger partial charge in [-0.2, -0.15) is 0 Å². The molecule has 16 heavy (non-hydrogen) atoms. The smallest absolute Gasteiger partial charge is 0.137 e. The number of benzene rings is 1. The van der Waals surface area contributed by atoms with Crippen molar-refractivity contribution in [3.8, 4) is 0 Å². The molecule has 1 aromatic rings. The highest BCUT2D eigenvalue weighted by molar-refractivity contribution is 9.10. The van der Waals surface area contributed by atoms with Gasteiger partial charge in [-0.3, -0.25) is 0 Å². The summed E-state index contributed by atoms with van der Waals surface area (Å²) in [7, 11) is 0. The molecule has 0 spiro atoms. The maximum atomic E-state index is 13.2. The molecule has 0 saturated carbocycles. The lowest BCUT2D eigenvalue weighted by Gasteiger charge is -2.15. The summed E-state index contributed by atoms with van der Waals surface area (Å²) in [4.78, 5) is 0. The zero-order valence-electron chi connectivity index (χ0n) is 9.97. The van der Waals surface area contributed by atoms with Crippen molar-refractivity contribution in [1.29, 1.82) is 0 Å². The van der Waals surface area contributed by atoms with Gasteiger partial charge >= 0.3 is 0 Å². The number of hydrogen-bond donors (Lipinski definition) is 0. The molecule has 1 atom stereocenters. The van der Waals surface area contributed by atoms with E-state index in [1.165, 1.54) is 6.07 Å². The van der Waals surface area contributed by atoms with Crippen molar-refractivity contribution in [2.45, 2.75) is 39.9 Å². The van der Waals surface area contributed by atoms with Crippen molar-refractivity contribution in [2.24, 2.45) is 5.92 Å². The molecular weight excluding hydrogens is 271 g/mol. The first kappa shape index (κ1) is 13.7. The van der Waals surface area contributed by atoms with Gasteiger partial charge in [-0.25, -0.2) is 4.39 Å². The van der Waals surface area contributed by atoms with Crippen LogP contribution in [-0.2, 0) is 11.3 Å². The Morgan fingerprint density at radius 3 is 2.62 bits per heavy atom. The summed E-state index contributed by atoms with van der Waals surface area (Å²) in [6, 6.07) is 5.01. The molecule has 0 aliphatic heterocycles. The van der Waals surface area contributed by atoms with Gasteiger partial charge in [0.1, 0.15) is 5.82 Å². The fourth-order valence-electron chi connectivity index (χ4n) is 1.62. The van der Waals surface area contributed by atoms with Crippen LogP contribution in [0.15, 0.2) is 22.7 Å². The van der Waals surface area contributed by atoms with Crippen LogP contribution in [0.4, 0.5) is 4.39 Å². The van der Waals surface area contributed by atoms with E-state index in [-0.39, 0.29) is 11.9 Å². The van der Waals surface area contributed by atoms with E-state index >= 15 is 0 Å². The van der Waals surface area contributed by atoms with E-state index in [4.69, 9.17) is 4.74 Å². The molecular formula is C13H18BrFO. The second-order valence-corrected chi connectivity index (χ2v) is 5.26. The van der Waals surface area contributed by atoms with Gasteiger partial charge < -0.3 is 4.74 Å².